The van der Waals surface area contributed by atoms with Gasteiger partial charge < -0.3 is 5.32 Å². The Morgan fingerprint density at radius 3 is 2.42 bits per heavy atom. The lowest BCUT2D eigenvalue weighted by molar-refractivity contribution is -0.379. The second-order valence-electron chi connectivity index (χ2n) is 6.21. The van der Waals surface area contributed by atoms with E-state index in [1.54, 1.807) is 5.18 Å². The van der Waals surface area contributed by atoms with Crippen molar-refractivity contribution in [2.24, 2.45) is 0 Å². The largest absolute Gasteiger partial charge is 0.322 e. The molecule has 1 fully saturated rings. The summed E-state index contributed by atoms with van der Waals surface area (Å²) in [5.74, 6) is -0.638. The van der Waals surface area contributed by atoms with Crippen molar-refractivity contribution >= 4 is 17.3 Å². The van der Waals surface area contributed by atoms with Gasteiger partial charge in [0.25, 0.3) is 11.6 Å². The Morgan fingerprint density at radius 2 is 1.75 bits per heavy atom. The maximum absolute atomic E-state index is 13.8. The minimum absolute atomic E-state index is 0.147. The van der Waals surface area contributed by atoms with E-state index in [1.807, 2.05) is 24.3 Å². The van der Waals surface area contributed by atoms with Crippen LogP contribution in [0.25, 0.3) is 0 Å². The Bertz CT molecular complexity index is 738. The van der Waals surface area contributed by atoms with Crippen LogP contribution in [0, 0.1) is 10.7 Å². The van der Waals surface area contributed by atoms with E-state index < -0.39 is 11.7 Å². The Kier molecular flexibility index (Phi) is 4.99. The van der Waals surface area contributed by atoms with Crippen molar-refractivity contribution in [1.29, 1.82) is 0 Å². The molecule has 124 valence electrons. The molecule has 0 aromatic heterocycles. The van der Waals surface area contributed by atoms with Gasteiger partial charge >= 0.3 is 0 Å². The lowest BCUT2D eigenvalue weighted by atomic mass is 9.84. The van der Waals surface area contributed by atoms with Gasteiger partial charge in [-0.15, -0.1) is 0 Å². The second kappa shape index (κ2) is 7.34. The first-order valence-corrected chi connectivity index (χ1v) is 8.26. The first-order valence-electron chi connectivity index (χ1n) is 8.26. The third-order valence-electron chi connectivity index (χ3n) is 4.57. The molecule has 0 bridgehead atoms. The molecule has 3 rings (SSSR count). The molecule has 4 nitrogen and oxygen atoms in total. The van der Waals surface area contributed by atoms with E-state index >= 15 is 0 Å². The SMILES string of the molecule is O=[NH+]c1ccc(F)c(C(=O)Nc2ccc(C3CCCCC3)cc2)c1. The number of hydrogen-bond acceptors (Lipinski definition) is 2. The van der Waals surface area contributed by atoms with E-state index in [0.29, 0.717) is 11.6 Å². The minimum atomic E-state index is -0.662. The summed E-state index contributed by atoms with van der Waals surface area (Å²) in [7, 11) is 0. The third kappa shape index (κ3) is 3.67. The molecule has 2 aromatic carbocycles. The molecule has 0 heterocycles. The number of rotatable bonds is 4. The van der Waals surface area contributed by atoms with Crippen LogP contribution in [0.3, 0.4) is 0 Å². The van der Waals surface area contributed by atoms with E-state index in [2.05, 4.69) is 5.32 Å². The summed E-state index contributed by atoms with van der Waals surface area (Å²) in [5, 5.41) is 4.33. The molecule has 2 aromatic rings. The molecular formula is C19H20FN2O2+. The number of hydrogen-bond donors (Lipinski definition) is 2. The van der Waals surface area contributed by atoms with Gasteiger partial charge in [-0.2, -0.15) is 0 Å². The van der Waals surface area contributed by atoms with E-state index in [1.165, 1.54) is 49.8 Å². The zero-order chi connectivity index (χ0) is 16.9. The highest BCUT2D eigenvalue weighted by Crippen LogP contribution is 2.33. The van der Waals surface area contributed by atoms with Crippen LogP contribution in [-0.2, 0) is 0 Å². The van der Waals surface area contributed by atoms with Crippen molar-refractivity contribution in [1.82, 2.24) is 0 Å². The molecule has 0 atom stereocenters. The van der Waals surface area contributed by atoms with Crippen LogP contribution in [-0.4, -0.2) is 5.91 Å². The molecule has 0 unspecified atom stereocenters. The van der Waals surface area contributed by atoms with Crippen molar-refractivity contribution in [3.63, 3.8) is 0 Å². The van der Waals surface area contributed by atoms with Crippen molar-refractivity contribution in [3.05, 3.63) is 64.3 Å². The van der Waals surface area contributed by atoms with Crippen LogP contribution >= 0.6 is 0 Å². The first kappa shape index (κ1) is 16.3. The topological polar surface area (TPSA) is 60.1 Å². The highest BCUT2D eigenvalue weighted by atomic mass is 19.1. The molecular weight excluding hydrogens is 307 g/mol. The maximum Gasteiger partial charge on any atom is 0.258 e. The number of carbonyl (C=O) groups excluding carboxylic acids is 1. The van der Waals surface area contributed by atoms with E-state index in [9.17, 15) is 14.1 Å². The fourth-order valence-electron chi connectivity index (χ4n) is 3.24. The highest BCUT2D eigenvalue weighted by molar-refractivity contribution is 6.04. The number of carbonyl (C=O) groups is 1. The fraction of sp³-hybridized carbons (Fsp3) is 0.316. The second-order valence-corrected chi connectivity index (χ2v) is 6.21. The average molecular weight is 327 g/mol. The van der Waals surface area contributed by atoms with Crippen molar-refractivity contribution < 1.29 is 14.4 Å². The molecule has 1 saturated carbocycles. The lowest BCUT2D eigenvalue weighted by Crippen LogP contribution is -2.55. The Morgan fingerprint density at radius 1 is 1.04 bits per heavy atom. The van der Waals surface area contributed by atoms with Crippen molar-refractivity contribution in [2.75, 3.05) is 5.32 Å². The van der Waals surface area contributed by atoms with E-state index in [-0.39, 0.29) is 11.3 Å². The molecule has 1 amide bonds. The molecule has 24 heavy (non-hydrogen) atoms. The number of anilines is 1. The zero-order valence-corrected chi connectivity index (χ0v) is 13.3. The van der Waals surface area contributed by atoms with Gasteiger partial charge in [-0.3, -0.25) is 4.79 Å². The van der Waals surface area contributed by atoms with Gasteiger partial charge in [0.1, 0.15) is 5.82 Å². The van der Waals surface area contributed by atoms with Gasteiger partial charge in [0, 0.05) is 27.9 Å². The van der Waals surface area contributed by atoms with Crippen LogP contribution in [0.2, 0.25) is 0 Å². The number of amides is 1. The fourth-order valence-corrected chi connectivity index (χ4v) is 3.24. The van der Waals surface area contributed by atoms with E-state index in [4.69, 9.17) is 0 Å². The number of benzene rings is 2. The van der Waals surface area contributed by atoms with Gasteiger partial charge in [-0.05, 0) is 42.5 Å². The number of nitrogens with one attached hydrogen (secondary N) is 2. The monoisotopic (exact) mass is 327 g/mol. The molecule has 0 saturated heterocycles. The summed E-state index contributed by atoms with van der Waals surface area (Å²) in [6.45, 7) is 0. The molecule has 1 aliphatic rings. The van der Waals surface area contributed by atoms with Gasteiger partial charge in [-0.1, -0.05) is 31.4 Å². The molecule has 2 N–H and O–H groups in total. The molecule has 0 radical (unpaired) electrons. The predicted molar refractivity (Wildman–Crippen MR) is 90.6 cm³/mol. The summed E-state index contributed by atoms with van der Waals surface area (Å²) in [6, 6.07) is 11.3. The first-order chi connectivity index (χ1) is 11.7. The summed E-state index contributed by atoms with van der Waals surface area (Å²) in [5.41, 5.74) is 1.89. The maximum atomic E-state index is 13.8. The quantitative estimate of drug-likeness (QED) is 0.901. The Labute approximate surface area is 140 Å². The Hall–Kier alpha value is -2.56. The van der Waals surface area contributed by atoms with Crippen LogP contribution < -0.4 is 10.5 Å². The molecule has 0 spiro atoms. The van der Waals surface area contributed by atoms with Gasteiger partial charge in [0.05, 0.1) is 5.56 Å². The standard InChI is InChI=1S/C19H19FN2O2/c20-18-11-10-16(22-24)12-17(18)19(23)21-15-8-6-14(7-9-15)13-4-2-1-3-5-13/h6-13H,1-5H2,(H,21,23)/p+1. The van der Waals surface area contributed by atoms with Crippen LogP contribution in [0.4, 0.5) is 15.8 Å². The lowest BCUT2D eigenvalue weighted by Gasteiger charge is -2.22. The van der Waals surface area contributed by atoms with Gasteiger partial charge in [-0.25, -0.2) is 4.39 Å². The highest BCUT2D eigenvalue weighted by Gasteiger charge is 2.17. The van der Waals surface area contributed by atoms with Crippen molar-refractivity contribution in [3.8, 4) is 0 Å². The zero-order valence-electron chi connectivity index (χ0n) is 13.3. The van der Waals surface area contributed by atoms with E-state index in [0.717, 1.165) is 6.07 Å². The smallest absolute Gasteiger partial charge is 0.258 e. The normalized spacial score (nSPS) is 15.0. The molecule has 0 aliphatic heterocycles. The summed E-state index contributed by atoms with van der Waals surface area (Å²) < 4.78 is 13.8. The average Bonchev–Trinajstić information content (AvgIpc) is 2.63. The minimum Gasteiger partial charge on any atom is -0.322 e. The number of nitroso groups, excluding NO2 is 1. The van der Waals surface area contributed by atoms with Gasteiger partial charge in [0.2, 0.25) is 0 Å². The predicted octanol–water partition coefficient (Wildman–Crippen LogP) is 3.60. The third-order valence-corrected chi connectivity index (χ3v) is 4.57. The summed E-state index contributed by atoms with van der Waals surface area (Å²) in [6.07, 6.45) is 6.28. The molecule has 1 aliphatic carbocycles. The number of halogens is 1. The Balaban J connectivity index is 1.71. The molecule has 5 heteroatoms. The summed E-state index contributed by atoms with van der Waals surface area (Å²) in [4.78, 5) is 22.9. The van der Waals surface area contributed by atoms with Gasteiger partial charge in [0.15, 0.2) is 0 Å². The van der Waals surface area contributed by atoms with Crippen LogP contribution in [0.1, 0.15) is 53.9 Å². The van der Waals surface area contributed by atoms with Crippen molar-refractivity contribution in [2.45, 2.75) is 38.0 Å². The van der Waals surface area contributed by atoms with Crippen LogP contribution in [0.5, 0.6) is 0 Å². The summed E-state index contributed by atoms with van der Waals surface area (Å²) >= 11 is 0. The van der Waals surface area contributed by atoms with Crippen LogP contribution in [0.15, 0.2) is 42.5 Å².